The van der Waals surface area contributed by atoms with Gasteiger partial charge in [0.2, 0.25) is 5.88 Å². The zero-order valence-corrected chi connectivity index (χ0v) is 22.7. The maximum absolute atomic E-state index is 12.4. The number of allylic oxidation sites excluding steroid dienone is 2. The van der Waals surface area contributed by atoms with Crippen molar-refractivity contribution in [3.8, 4) is 0 Å². The summed E-state index contributed by atoms with van der Waals surface area (Å²) in [7, 11) is -5.84. The molecule has 0 aromatic carbocycles. The smallest absolute Gasteiger partial charge is 0.465 e. The van der Waals surface area contributed by atoms with Crippen molar-refractivity contribution in [3.63, 3.8) is 0 Å². The van der Waals surface area contributed by atoms with Gasteiger partial charge in [-0.15, -0.1) is 0 Å². The van der Waals surface area contributed by atoms with E-state index in [0.29, 0.717) is 12.5 Å². The molecule has 3 rings (SSSR count). The van der Waals surface area contributed by atoms with Crippen LogP contribution in [0.15, 0.2) is 34.9 Å². The van der Waals surface area contributed by atoms with Crippen LogP contribution in [0, 0.1) is 11.8 Å². The Morgan fingerprint density at radius 1 is 1.05 bits per heavy atom. The van der Waals surface area contributed by atoms with E-state index >= 15 is 0 Å². The third-order valence-electron chi connectivity index (χ3n) is 5.09. The van der Waals surface area contributed by atoms with Gasteiger partial charge < -0.3 is 14.0 Å². The molecule has 0 saturated carbocycles. The zero-order chi connectivity index (χ0) is 28.2. The molecule has 0 radical (unpaired) electrons. The Balaban J connectivity index is 0.000000278. The second-order valence-corrected chi connectivity index (χ2v) is 12.1. The molecule has 2 unspecified atom stereocenters. The fourth-order valence-electron chi connectivity index (χ4n) is 3.38. The molecule has 0 spiro atoms. The summed E-state index contributed by atoms with van der Waals surface area (Å²) in [6.45, 7) is 9.14. The van der Waals surface area contributed by atoms with Crippen LogP contribution < -0.4 is 0 Å². The summed E-state index contributed by atoms with van der Waals surface area (Å²) in [5.74, 6) is -0.360. The van der Waals surface area contributed by atoms with Crippen LogP contribution in [0.4, 0.5) is 22.8 Å². The van der Waals surface area contributed by atoms with Gasteiger partial charge in [-0.1, -0.05) is 19.9 Å². The van der Waals surface area contributed by atoms with Crippen LogP contribution in [0.5, 0.6) is 0 Å². The molecule has 0 fully saturated rings. The summed E-state index contributed by atoms with van der Waals surface area (Å²) < 4.78 is 68.5. The molecule has 2 amide bonds. The lowest BCUT2D eigenvalue weighted by atomic mass is 10.00. The molecule has 3 heterocycles. The Kier molecular flexibility index (Phi) is 9.69. The fraction of sp³-hybridized carbons (Fsp3) is 0.565. The number of halogens is 3. The number of carbonyl (C=O) groups is 2. The van der Waals surface area contributed by atoms with Gasteiger partial charge in [0.05, 0.1) is 5.70 Å². The van der Waals surface area contributed by atoms with E-state index in [1.165, 1.54) is 4.90 Å². The van der Waals surface area contributed by atoms with Gasteiger partial charge in [-0.2, -0.15) is 32.9 Å². The van der Waals surface area contributed by atoms with Gasteiger partial charge >= 0.3 is 27.8 Å². The van der Waals surface area contributed by atoms with Gasteiger partial charge in [-0.3, -0.25) is 4.90 Å². The van der Waals surface area contributed by atoms with Crippen molar-refractivity contribution in [1.29, 1.82) is 0 Å². The Morgan fingerprint density at radius 3 is 2.11 bits per heavy atom. The molecule has 14 heteroatoms. The number of rotatable bonds is 3. The molecule has 37 heavy (non-hydrogen) atoms. The van der Waals surface area contributed by atoms with E-state index in [-0.39, 0.29) is 18.9 Å². The first-order chi connectivity index (χ1) is 16.9. The third kappa shape index (κ3) is 8.66. The molecular weight excluding hydrogens is 537 g/mol. The SMILES string of the molecule is CC1CC=C(OS(=O)(=O)C(F)(F)F)N(C(=O)OC(C)(C)C)C1.CC1CC=C(c2ccsc2)N(C(=O)O)C1. The van der Waals surface area contributed by atoms with Crippen molar-refractivity contribution >= 4 is 39.3 Å². The first-order valence-corrected chi connectivity index (χ1v) is 13.7. The number of carboxylic acid groups (broad SMARTS) is 1. The molecule has 0 saturated heterocycles. The largest absolute Gasteiger partial charge is 0.534 e. The Morgan fingerprint density at radius 2 is 1.62 bits per heavy atom. The van der Waals surface area contributed by atoms with Crippen LogP contribution in [0.2, 0.25) is 0 Å². The van der Waals surface area contributed by atoms with Crippen molar-refractivity contribution in [1.82, 2.24) is 9.80 Å². The molecule has 2 aliphatic rings. The molecule has 1 aromatic heterocycles. The van der Waals surface area contributed by atoms with E-state index in [1.54, 1.807) is 39.0 Å². The number of hydrogen-bond acceptors (Lipinski definition) is 7. The highest BCUT2D eigenvalue weighted by Crippen LogP contribution is 2.31. The Labute approximate surface area is 218 Å². The van der Waals surface area contributed by atoms with Crippen molar-refractivity contribution in [3.05, 3.63) is 40.4 Å². The minimum absolute atomic E-state index is 0.00583. The van der Waals surface area contributed by atoms with Gasteiger partial charge in [-0.05, 0) is 63.0 Å². The standard InChI is InChI=1S/C12H18F3NO5S.C11H13NO2S/c1-8-5-6-9(21-22(18,19)12(13,14)15)16(7-8)10(17)20-11(2,3)4;1-8-2-3-10(9-4-5-15-7-9)12(6-8)11(13)14/h6,8H,5,7H2,1-4H3;3-5,7-8H,2,6H2,1H3,(H,13,14). The van der Waals surface area contributed by atoms with Gasteiger partial charge in [0.15, 0.2) is 0 Å². The minimum Gasteiger partial charge on any atom is -0.465 e. The molecule has 208 valence electrons. The number of nitrogens with zero attached hydrogens (tertiary/aromatic N) is 2. The molecule has 2 atom stereocenters. The van der Waals surface area contributed by atoms with Crippen molar-refractivity contribution in [2.24, 2.45) is 11.8 Å². The maximum atomic E-state index is 12.4. The normalized spacial score (nSPS) is 20.8. The van der Waals surface area contributed by atoms with E-state index < -0.39 is 39.3 Å². The van der Waals surface area contributed by atoms with Gasteiger partial charge in [-0.25, -0.2) is 14.5 Å². The van der Waals surface area contributed by atoms with E-state index in [4.69, 9.17) is 9.84 Å². The van der Waals surface area contributed by atoms with Crippen LogP contribution in [-0.2, 0) is 19.0 Å². The Bertz CT molecular complexity index is 1120. The zero-order valence-electron chi connectivity index (χ0n) is 21.1. The number of hydrogen-bond donors (Lipinski definition) is 1. The summed E-state index contributed by atoms with van der Waals surface area (Å²) in [5.41, 5.74) is -4.61. The second kappa shape index (κ2) is 11.8. The quantitative estimate of drug-likeness (QED) is 0.347. The Hall–Kier alpha value is -2.74. The van der Waals surface area contributed by atoms with E-state index in [9.17, 15) is 31.2 Å². The van der Waals surface area contributed by atoms with Crippen molar-refractivity contribution in [2.45, 2.75) is 58.6 Å². The predicted molar refractivity (Wildman–Crippen MR) is 132 cm³/mol. The number of carbonyl (C=O) groups excluding carboxylic acids is 1. The van der Waals surface area contributed by atoms with Crippen LogP contribution in [0.3, 0.4) is 0 Å². The summed E-state index contributed by atoms with van der Waals surface area (Å²) in [6.07, 6.45) is 2.55. The molecule has 9 nitrogen and oxygen atoms in total. The minimum atomic E-state index is -5.84. The van der Waals surface area contributed by atoms with Crippen LogP contribution in [-0.4, -0.2) is 59.7 Å². The summed E-state index contributed by atoms with van der Waals surface area (Å²) in [6, 6.07) is 1.96. The highest BCUT2D eigenvalue weighted by atomic mass is 32.2. The molecule has 1 N–H and O–H groups in total. The summed E-state index contributed by atoms with van der Waals surface area (Å²) in [4.78, 5) is 25.3. The van der Waals surface area contributed by atoms with Gasteiger partial charge in [0.1, 0.15) is 5.60 Å². The average molecular weight is 569 g/mol. The average Bonchev–Trinajstić information content (AvgIpc) is 3.28. The fourth-order valence-corrected chi connectivity index (χ4v) is 4.51. The van der Waals surface area contributed by atoms with Crippen molar-refractivity contribution < 1.29 is 45.2 Å². The number of ether oxygens (including phenoxy) is 1. The molecule has 0 aliphatic carbocycles. The van der Waals surface area contributed by atoms with E-state index in [1.807, 2.05) is 22.9 Å². The first-order valence-electron chi connectivity index (χ1n) is 11.4. The lowest BCUT2D eigenvalue weighted by Crippen LogP contribution is -2.42. The highest BCUT2D eigenvalue weighted by molar-refractivity contribution is 7.87. The van der Waals surface area contributed by atoms with Gasteiger partial charge in [0.25, 0.3) is 0 Å². The summed E-state index contributed by atoms with van der Waals surface area (Å²) >= 11 is 1.59. The molecule has 0 bridgehead atoms. The molecule has 2 aliphatic heterocycles. The van der Waals surface area contributed by atoms with E-state index in [2.05, 4.69) is 11.1 Å². The van der Waals surface area contributed by atoms with Crippen LogP contribution >= 0.6 is 11.3 Å². The lowest BCUT2D eigenvalue weighted by Gasteiger charge is -2.32. The second-order valence-electron chi connectivity index (χ2n) is 9.79. The maximum Gasteiger partial charge on any atom is 0.534 e. The predicted octanol–water partition coefficient (Wildman–Crippen LogP) is 6.08. The van der Waals surface area contributed by atoms with Crippen molar-refractivity contribution in [2.75, 3.05) is 13.1 Å². The number of amides is 2. The first kappa shape index (κ1) is 30.5. The lowest BCUT2D eigenvalue weighted by molar-refractivity contribution is -0.0546. The highest BCUT2D eigenvalue weighted by Gasteiger charge is 2.50. The van der Waals surface area contributed by atoms with Crippen LogP contribution in [0.25, 0.3) is 5.70 Å². The monoisotopic (exact) mass is 568 g/mol. The molecular formula is C23H31F3N2O7S2. The topological polar surface area (TPSA) is 113 Å². The third-order valence-corrected chi connectivity index (χ3v) is 6.73. The van der Waals surface area contributed by atoms with Gasteiger partial charge in [0, 0.05) is 24.0 Å². The summed E-state index contributed by atoms with van der Waals surface area (Å²) in [5, 5.41) is 13.1. The number of alkyl halides is 3. The van der Waals surface area contributed by atoms with E-state index in [0.717, 1.165) is 28.7 Å². The molecule has 1 aromatic rings. The van der Waals surface area contributed by atoms with Crippen LogP contribution in [0.1, 0.15) is 53.0 Å². The number of thiophene rings is 1.